The van der Waals surface area contributed by atoms with E-state index in [2.05, 4.69) is 5.32 Å². The first-order valence-electron chi connectivity index (χ1n) is 8.53. The van der Waals surface area contributed by atoms with Crippen molar-refractivity contribution in [3.8, 4) is 0 Å². The van der Waals surface area contributed by atoms with E-state index >= 15 is 0 Å². The number of carbonyl (C=O) groups excluding carboxylic acids is 2. The van der Waals surface area contributed by atoms with Crippen LogP contribution in [-0.2, 0) is 9.84 Å². The minimum absolute atomic E-state index is 0.000992. The average Bonchev–Trinajstić information content (AvgIpc) is 2.95. The number of amides is 1. The third-order valence-electron chi connectivity index (χ3n) is 4.81. The van der Waals surface area contributed by atoms with Crippen molar-refractivity contribution in [2.24, 2.45) is 0 Å². The summed E-state index contributed by atoms with van der Waals surface area (Å²) in [5, 5.41) is 3.23. The highest BCUT2D eigenvalue weighted by Crippen LogP contribution is 2.34. The van der Waals surface area contributed by atoms with E-state index in [0.717, 1.165) is 13.0 Å². The summed E-state index contributed by atoms with van der Waals surface area (Å²) in [6.45, 7) is 2.76. The molecule has 1 N–H and O–H groups in total. The summed E-state index contributed by atoms with van der Waals surface area (Å²) in [6, 6.07) is 10.5. The molecular weight excluding hydrogens is 352 g/mol. The summed E-state index contributed by atoms with van der Waals surface area (Å²) in [5.41, 5.74) is 0.594. The summed E-state index contributed by atoms with van der Waals surface area (Å²) >= 11 is 0. The molecule has 0 unspecified atom stereocenters. The van der Waals surface area contributed by atoms with E-state index < -0.39 is 9.84 Å². The fourth-order valence-electron chi connectivity index (χ4n) is 3.45. The maximum Gasteiger partial charge on any atom is 0.253 e. The molecule has 1 fully saturated rings. The Bertz CT molecular complexity index is 1010. The fourth-order valence-corrected chi connectivity index (χ4v) is 5.13. The Hall–Kier alpha value is -2.51. The van der Waals surface area contributed by atoms with E-state index in [9.17, 15) is 18.0 Å². The first-order chi connectivity index (χ1) is 12.5. The van der Waals surface area contributed by atoms with E-state index in [4.69, 9.17) is 0 Å². The molecule has 0 atom stereocenters. The van der Waals surface area contributed by atoms with Crippen LogP contribution >= 0.6 is 0 Å². The van der Waals surface area contributed by atoms with Crippen molar-refractivity contribution < 1.29 is 18.0 Å². The highest BCUT2D eigenvalue weighted by Gasteiger charge is 2.35. The Balaban J connectivity index is 1.78. The van der Waals surface area contributed by atoms with Crippen LogP contribution in [-0.4, -0.2) is 51.2 Å². The molecule has 1 saturated heterocycles. The number of ketones is 1. The van der Waals surface area contributed by atoms with Gasteiger partial charge in [-0.3, -0.25) is 9.59 Å². The largest absolute Gasteiger partial charge is 0.337 e. The number of fused-ring (bicyclic) bond motifs is 2. The van der Waals surface area contributed by atoms with Gasteiger partial charge in [0.1, 0.15) is 0 Å². The molecule has 0 aliphatic carbocycles. The lowest BCUT2D eigenvalue weighted by atomic mass is 10.0. The lowest BCUT2D eigenvalue weighted by Crippen LogP contribution is -2.34. The molecule has 1 amide bonds. The van der Waals surface area contributed by atoms with Crippen LogP contribution in [0.1, 0.15) is 32.7 Å². The molecule has 2 aromatic rings. The maximum atomic E-state index is 13.0. The first-order valence-corrected chi connectivity index (χ1v) is 10.0. The topological polar surface area (TPSA) is 83.5 Å². The zero-order valence-corrected chi connectivity index (χ0v) is 14.9. The van der Waals surface area contributed by atoms with Gasteiger partial charge >= 0.3 is 0 Å². The highest BCUT2D eigenvalue weighted by molar-refractivity contribution is 7.91. The number of carbonyl (C=O) groups is 2. The van der Waals surface area contributed by atoms with Gasteiger partial charge in [-0.05, 0) is 43.3 Å². The molecule has 0 saturated carbocycles. The van der Waals surface area contributed by atoms with Gasteiger partial charge in [0.2, 0.25) is 9.84 Å². The monoisotopic (exact) mass is 370 g/mol. The zero-order chi connectivity index (χ0) is 18.3. The first kappa shape index (κ1) is 16.9. The Morgan fingerprint density at radius 2 is 1.73 bits per heavy atom. The van der Waals surface area contributed by atoms with Gasteiger partial charge in [0.15, 0.2) is 5.78 Å². The number of nitrogens with one attached hydrogen (secondary N) is 1. The van der Waals surface area contributed by atoms with E-state index in [0.29, 0.717) is 25.2 Å². The summed E-state index contributed by atoms with van der Waals surface area (Å²) in [6.07, 6.45) is 0.848. The quantitative estimate of drug-likeness (QED) is 0.702. The van der Waals surface area contributed by atoms with Crippen LogP contribution in [0.25, 0.3) is 0 Å². The minimum Gasteiger partial charge on any atom is -0.337 e. The number of rotatable bonds is 1. The van der Waals surface area contributed by atoms with E-state index in [1.165, 1.54) is 24.3 Å². The third-order valence-corrected chi connectivity index (χ3v) is 6.66. The summed E-state index contributed by atoms with van der Waals surface area (Å²) in [7, 11) is -3.83. The zero-order valence-electron chi connectivity index (χ0n) is 14.1. The molecule has 0 spiro atoms. The van der Waals surface area contributed by atoms with Gasteiger partial charge in [-0.15, -0.1) is 0 Å². The van der Waals surface area contributed by atoms with E-state index in [-0.39, 0.29) is 32.6 Å². The van der Waals surface area contributed by atoms with Crippen LogP contribution in [0.5, 0.6) is 0 Å². The Kier molecular flexibility index (Phi) is 4.13. The number of hydrogen-bond donors (Lipinski definition) is 1. The molecule has 2 aliphatic heterocycles. The van der Waals surface area contributed by atoms with E-state index in [1.54, 1.807) is 23.1 Å². The molecule has 2 heterocycles. The third kappa shape index (κ3) is 2.64. The molecule has 134 valence electrons. The fraction of sp³-hybridized carbons (Fsp3) is 0.263. The maximum absolute atomic E-state index is 13.0. The highest BCUT2D eigenvalue weighted by atomic mass is 32.2. The molecule has 26 heavy (non-hydrogen) atoms. The molecule has 2 aliphatic rings. The summed E-state index contributed by atoms with van der Waals surface area (Å²) < 4.78 is 25.9. The molecule has 0 bridgehead atoms. The van der Waals surface area contributed by atoms with E-state index in [1.807, 2.05) is 0 Å². The number of nitrogens with zero attached hydrogens (tertiary/aromatic N) is 1. The lowest BCUT2D eigenvalue weighted by Gasteiger charge is -2.22. The Labute approximate surface area is 151 Å². The predicted molar refractivity (Wildman–Crippen MR) is 95.2 cm³/mol. The van der Waals surface area contributed by atoms with Crippen molar-refractivity contribution in [3.05, 3.63) is 59.2 Å². The molecular formula is C19H18N2O4S. The van der Waals surface area contributed by atoms with Crippen molar-refractivity contribution in [2.75, 3.05) is 26.2 Å². The smallest absolute Gasteiger partial charge is 0.253 e. The second-order valence-electron chi connectivity index (χ2n) is 6.44. The van der Waals surface area contributed by atoms with Gasteiger partial charge in [0.05, 0.1) is 9.79 Å². The van der Waals surface area contributed by atoms with Crippen LogP contribution in [0.3, 0.4) is 0 Å². The van der Waals surface area contributed by atoms with Gasteiger partial charge < -0.3 is 10.2 Å². The van der Waals surface area contributed by atoms with Crippen molar-refractivity contribution in [1.82, 2.24) is 10.2 Å². The molecule has 6 nitrogen and oxygen atoms in total. The van der Waals surface area contributed by atoms with Crippen molar-refractivity contribution in [3.63, 3.8) is 0 Å². The van der Waals surface area contributed by atoms with Crippen LogP contribution in [0, 0.1) is 0 Å². The second-order valence-corrected chi connectivity index (χ2v) is 8.32. The summed E-state index contributed by atoms with van der Waals surface area (Å²) in [4.78, 5) is 27.1. The van der Waals surface area contributed by atoms with Gasteiger partial charge in [-0.25, -0.2) is 8.42 Å². The second kappa shape index (κ2) is 6.34. The normalized spacial score (nSPS) is 18.6. The van der Waals surface area contributed by atoms with Crippen molar-refractivity contribution >= 4 is 21.5 Å². The van der Waals surface area contributed by atoms with Crippen LogP contribution in [0.4, 0.5) is 0 Å². The predicted octanol–water partition coefficient (Wildman–Crippen LogP) is 1.50. The number of hydrogen-bond acceptors (Lipinski definition) is 5. The molecule has 0 aromatic heterocycles. The SMILES string of the molecule is O=C1c2ccccc2S(=O)(=O)c2cc(C(=O)N3CCCNCC3)ccc21. The van der Waals surface area contributed by atoms with Crippen molar-refractivity contribution in [1.29, 1.82) is 0 Å². The summed E-state index contributed by atoms with van der Waals surface area (Å²) in [5.74, 6) is -0.540. The minimum atomic E-state index is -3.83. The van der Waals surface area contributed by atoms with Crippen molar-refractivity contribution in [2.45, 2.75) is 16.2 Å². The Morgan fingerprint density at radius 1 is 0.962 bits per heavy atom. The number of sulfone groups is 1. The van der Waals surface area contributed by atoms with Gasteiger partial charge in [-0.2, -0.15) is 0 Å². The molecule has 4 rings (SSSR count). The van der Waals surface area contributed by atoms with Gasteiger partial charge in [-0.1, -0.05) is 12.1 Å². The van der Waals surface area contributed by atoms with Gasteiger partial charge in [0.25, 0.3) is 5.91 Å². The lowest BCUT2D eigenvalue weighted by molar-refractivity contribution is 0.0765. The van der Waals surface area contributed by atoms with Crippen LogP contribution in [0.2, 0.25) is 0 Å². The van der Waals surface area contributed by atoms with Gasteiger partial charge in [0, 0.05) is 36.3 Å². The standard InChI is InChI=1S/C19H18N2O4S/c22-18-14-4-1-2-5-16(14)26(24,25)17-12-13(6-7-15(17)18)19(23)21-10-3-8-20-9-11-21/h1-2,4-7,12,20H,3,8-11H2. The van der Waals surface area contributed by atoms with Crippen LogP contribution in [0.15, 0.2) is 52.3 Å². The van der Waals surface area contributed by atoms with Crippen LogP contribution < -0.4 is 5.32 Å². The average molecular weight is 370 g/mol. The molecule has 0 radical (unpaired) electrons. The Morgan fingerprint density at radius 3 is 2.58 bits per heavy atom. The number of benzene rings is 2. The molecule has 2 aromatic carbocycles. The molecule has 7 heteroatoms.